The average molecular weight is 279 g/mol. The summed E-state index contributed by atoms with van der Waals surface area (Å²) < 4.78 is 0. The zero-order chi connectivity index (χ0) is 14.3. The number of rotatable bonds is 8. The van der Waals surface area contributed by atoms with Gasteiger partial charge in [-0.3, -0.25) is 0 Å². The molecule has 0 radical (unpaired) electrons. The highest BCUT2D eigenvalue weighted by atomic mass is 32.2. The molecule has 1 unspecified atom stereocenters. The Kier molecular flexibility index (Phi) is 7.55. The summed E-state index contributed by atoms with van der Waals surface area (Å²) in [6.45, 7) is 12.4. The van der Waals surface area contributed by atoms with Gasteiger partial charge >= 0.3 is 0 Å². The van der Waals surface area contributed by atoms with Crippen LogP contribution in [-0.4, -0.2) is 18.3 Å². The van der Waals surface area contributed by atoms with E-state index in [1.165, 1.54) is 16.9 Å². The molecule has 0 fully saturated rings. The fourth-order valence-electron chi connectivity index (χ4n) is 1.95. The molecule has 1 N–H and O–H groups in total. The summed E-state index contributed by atoms with van der Waals surface area (Å²) in [4.78, 5) is 1.38. The Morgan fingerprint density at radius 3 is 2.16 bits per heavy atom. The zero-order valence-corrected chi connectivity index (χ0v) is 13.9. The highest BCUT2D eigenvalue weighted by Crippen LogP contribution is 2.23. The second kappa shape index (κ2) is 8.65. The van der Waals surface area contributed by atoms with Crippen LogP contribution in [-0.2, 0) is 0 Å². The Labute approximate surface area is 123 Å². The van der Waals surface area contributed by atoms with Crippen molar-refractivity contribution in [3.8, 4) is 0 Å². The van der Waals surface area contributed by atoms with E-state index in [0.717, 1.165) is 12.3 Å². The van der Waals surface area contributed by atoms with Gasteiger partial charge in [-0.2, -0.15) is 0 Å². The van der Waals surface area contributed by atoms with Gasteiger partial charge in [0.1, 0.15) is 0 Å². The van der Waals surface area contributed by atoms with Gasteiger partial charge in [0.25, 0.3) is 0 Å². The molecule has 1 nitrogen and oxygen atoms in total. The van der Waals surface area contributed by atoms with Crippen LogP contribution < -0.4 is 5.32 Å². The Balaban J connectivity index is 2.49. The fraction of sp³-hybridized carbons (Fsp3) is 0.647. The van der Waals surface area contributed by atoms with Gasteiger partial charge in [-0.1, -0.05) is 46.8 Å². The third-order valence-corrected chi connectivity index (χ3v) is 4.57. The number of hydrogen-bond donors (Lipinski definition) is 1. The van der Waals surface area contributed by atoms with Crippen molar-refractivity contribution in [2.45, 2.75) is 57.9 Å². The molecule has 1 aromatic rings. The molecule has 1 aromatic carbocycles. The predicted octanol–water partition coefficient (Wildman–Crippen LogP) is 4.93. The first-order valence-corrected chi connectivity index (χ1v) is 8.49. The average Bonchev–Trinajstić information content (AvgIpc) is 2.39. The van der Waals surface area contributed by atoms with Crippen molar-refractivity contribution in [1.29, 1.82) is 0 Å². The van der Waals surface area contributed by atoms with Crippen LogP contribution in [0.2, 0.25) is 0 Å². The number of hydrogen-bond acceptors (Lipinski definition) is 2. The number of nitrogens with one attached hydrogen (secondary N) is 1. The van der Waals surface area contributed by atoms with Gasteiger partial charge in [-0.05, 0) is 42.5 Å². The maximum atomic E-state index is 3.65. The molecule has 19 heavy (non-hydrogen) atoms. The minimum absolute atomic E-state index is 0.606. The van der Waals surface area contributed by atoms with E-state index >= 15 is 0 Å². The number of benzene rings is 1. The molecule has 0 aliphatic heterocycles. The molecule has 0 aliphatic carbocycles. The van der Waals surface area contributed by atoms with Crippen molar-refractivity contribution in [1.82, 2.24) is 5.32 Å². The van der Waals surface area contributed by atoms with E-state index in [-0.39, 0.29) is 0 Å². The molecule has 0 aromatic heterocycles. The van der Waals surface area contributed by atoms with E-state index in [1.54, 1.807) is 0 Å². The normalized spacial score (nSPS) is 13.2. The van der Waals surface area contributed by atoms with Gasteiger partial charge in [-0.15, -0.1) is 11.8 Å². The molecule has 0 heterocycles. The quantitative estimate of drug-likeness (QED) is 0.677. The summed E-state index contributed by atoms with van der Waals surface area (Å²) in [6.07, 6.45) is 1.21. The Bertz CT molecular complexity index is 343. The summed E-state index contributed by atoms with van der Waals surface area (Å²) >= 11 is 1.97. The molecule has 1 atom stereocenters. The standard InChI is InChI=1S/C17H29NS/c1-6-11-18-17(14(4)5)12-19-16-9-7-15(8-10-16)13(2)3/h7-10,13-14,17-18H,6,11-12H2,1-5H3. The lowest BCUT2D eigenvalue weighted by Crippen LogP contribution is -2.36. The minimum atomic E-state index is 0.606. The second-order valence-corrected chi connectivity index (χ2v) is 6.93. The molecule has 0 spiro atoms. The largest absolute Gasteiger partial charge is 0.313 e. The molecule has 1 rings (SSSR count). The SMILES string of the molecule is CCCNC(CSc1ccc(C(C)C)cc1)C(C)C. The first-order valence-electron chi connectivity index (χ1n) is 7.50. The maximum absolute atomic E-state index is 3.65. The lowest BCUT2D eigenvalue weighted by Gasteiger charge is -2.22. The summed E-state index contributed by atoms with van der Waals surface area (Å²) in [5, 5.41) is 3.65. The number of thioether (sulfide) groups is 1. The van der Waals surface area contributed by atoms with Crippen molar-refractivity contribution in [2.75, 3.05) is 12.3 Å². The summed E-state index contributed by atoms with van der Waals surface area (Å²) in [5.41, 5.74) is 1.42. The highest BCUT2D eigenvalue weighted by molar-refractivity contribution is 7.99. The Hall–Kier alpha value is -0.470. The molecule has 0 saturated heterocycles. The summed E-state index contributed by atoms with van der Waals surface area (Å²) in [5.74, 6) is 2.46. The first kappa shape index (κ1) is 16.6. The third-order valence-electron chi connectivity index (χ3n) is 3.44. The third kappa shape index (κ3) is 6.01. The molecule has 2 heteroatoms. The van der Waals surface area contributed by atoms with E-state index in [4.69, 9.17) is 0 Å². The van der Waals surface area contributed by atoms with E-state index in [0.29, 0.717) is 17.9 Å². The van der Waals surface area contributed by atoms with Crippen LogP contribution in [0, 0.1) is 5.92 Å². The van der Waals surface area contributed by atoms with E-state index in [9.17, 15) is 0 Å². The molecule has 0 aliphatic rings. The van der Waals surface area contributed by atoms with E-state index in [2.05, 4.69) is 64.2 Å². The monoisotopic (exact) mass is 279 g/mol. The molecule has 108 valence electrons. The maximum Gasteiger partial charge on any atom is 0.0184 e. The molecular formula is C17H29NS. The first-order chi connectivity index (χ1) is 9.04. The Morgan fingerprint density at radius 1 is 1.05 bits per heavy atom. The van der Waals surface area contributed by atoms with Crippen LogP contribution in [0.25, 0.3) is 0 Å². The van der Waals surface area contributed by atoms with Gasteiger partial charge in [0.05, 0.1) is 0 Å². The highest BCUT2D eigenvalue weighted by Gasteiger charge is 2.12. The molecular weight excluding hydrogens is 250 g/mol. The van der Waals surface area contributed by atoms with Gasteiger partial charge in [-0.25, -0.2) is 0 Å². The van der Waals surface area contributed by atoms with Crippen molar-refractivity contribution < 1.29 is 0 Å². The van der Waals surface area contributed by atoms with Gasteiger partial charge < -0.3 is 5.32 Å². The summed E-state index contributed by atoms with van der Waals surface area (Å²) in [6, 6.07) is 9.65. The molecule has 0 bridgehead atoms. The predicted molar refractivity (Wildman–Crippen MR) is 88.2 cm³/mol. The van der Waals surface area contributed by atoms with Crippen molar-refractivity contribution >= 4 is 11.8 Å². The van der Waals surface area contributed by atoms with Crippen LogP contribution >= 0.6 is 11.8 Å². The van der Waals surface area contributed by atoms with Crippen molar-refractivity contribution in [2.24, 2.45) is 5.92 Å². The Morgan fingerprint density at radius 2 is 1.68 bits per heavy atom. The van der Waals surface area contributed by atoms with Crippen LogP contribution in [0.5, 0.6) is 0 Å². The van der Waals surface area contributed by atoms with Crippen LogP contribution in [0.1, 0.15) is 52.5 Å². The van der Waals surface area contributed by atoms with Crippen LogP contribution in [0.4, 0.5) is 0 Å². The van der Waals surface area contributed by atoms with E-state index in [1.807, 2.05) is 11.8 Å². The zero-order valence-electron chi connectivity index (χ0n) is 13.1. The molecule has 0 amide bonds. The van der Waals surface area contributed by atoms with Gasteiger partial charge in [0.2, 0.25) is 0 Å². The molecule has 0 saturated carbocycles. The summed E-state index contributed by atoms with van der Waals surface area (Å²) in [7, 11) is 0. The lowest BCUT2D eigenvalue weighted by molar-refractivity contribution is 0.434. The topological polar surface area (TPSA) is 12.0 Å². The van der Waals surface area contributed by atoms with Gasteiger partial charge in [0, 0.05) is 16.7 Å². The second-order valence-electron chi connectivity index (χ2n) is 5.84. The fourth-order valence-corrected chi connectivity index (χ4v) is 3.16. The minimum Gasteiger partial charge on any atom is -0.313 e. The van der Waals surface area contributed by atoms with Crippen LogP contribution in [0.15, 0.2) is 29.2 Å². The van der Waals surface area contributed by atoms with Crippen LogP contribution in [0.3, 0.4) is 0 Å². The van der Waals surface area contributed by atoms with Crippen molar-refractivity contribution in [3.05, 3.63) is 29.8 Å². The van der Waals surface area contributed by atoms with Gasteiger partial charge in [0.15, 0.2) is 0 Å². The van der Waals surface area contributed by atoms with Crippen molar-refractivity contribution in [3.63, 3.8) is 0 Å². The van der Waals surface area contributed by atoms with E-state index < -0.39 is 0 Å². The lowest BCUT2D eigenvalue weighted by atomic mass is 10.0. The smallest absolute Gasteiger partial charge is 0.0184 e.